The van der Waals surface area contributed by atoms with Crippen molar-refractivity contribution in [2.45, 2.75) is 13.3 Å². The highest BCUT2D eigenvalue weighted by Gasteiger charge is 2.14. The van der Waals surface area contributed by atoms with Crippen LogP contribution in [0.4, 0.5) is 0 Å². The molecule has 3 N–H and O–H groups in total. The summed E-state index contributed by atoms with van der Waals surface area (Å²) in [5, 5.41) is 28.6. The molecule has 0 fully saturated rings. The lowest BCUT2D eigenvalue weighted by Crippen LogP contribution is -1.88. The zero-order valence-electron chi connectivity index (χ0n) is 9.51. The van der Waals surface area contributed by atoms with E-state index >= 15 is 0 Å². The highest BCUT2D eigenvalue weighted by molar-refractivity contribution is 5.77. The SMILES string of the molecule is CCc1ccccc1-c1ccc(O)c(O)c1O. The van der Waals surface area contributed by atoms with Gasteiger partial charge < -0.3 is 15.3 Å². The van der Waals surface area contributed by atoms with Crippen LogP contribution < -0.4 is 0 Å². The van der Waals surface area contributed by atoms with Crippen molar-refractivity contribution in [3.05, 3.63) is 42.0 Å². The van der Waals surface area contributed by atoms with Gasteiger partial charge in [-0.1, -0.05) is 31.2 Å². The molecule has 0 unspecified atom stereocenters. The Morgan fingerprint density at radius 1 is 0.824 bits per heavy atom. The van der Waals surface area contributed by atoms with Crippen LogP contribution in [0.1, 0.15) is 12.5 Å². The van der Waals surface area contributed by atoms with Crippen LogP contribution in [-0.2, 0) is 6.42 Å². The highest BCUT2D eigenvalue weighted by atomic mass is 16.3. The average molecular weight is 230 g/mol. The maximum atomic E-state index is 9.84. The van der Waals surface area contributed by atoms with E-state index in [2.05, 4.69) is 0 Å². The Kier molecular flexibility index (Phi) is 2.91. The van der Waals surface area contributed by atoms with Crippen molar-refractivity contribution in [2.75, 3.05) is 0 Å². The standard InChI is InChI=1S/C14H14O3/c1-2-9-5-3-4-6-10(9)11-7-8-12(15)14(17)13(11)16/h3-8,15-17H,2H2,1H3. The molecule has 0 aliphatic heterocycles. The molecule has 0 atom stereocenters. The van der Waals surface area contributed by atoms with Crippen molar-refractivity contribution in [2.24, 2.45) is 0 Å². The number of rotatable bonds is 2. The van der Waals surface area contributed by atoms with E-state index in [9.17, 15) is 15.3 Å². The van der Waals surface area contributed by atoms with Gasteiger partial charge >= 0.3 is 0 Å². The number of hydrogen-bond acceptors (Lipinski definition) is 3. The predicted octanol–water partition coefficient (Wildman–Crippen LogP) is 3.03. The molecule has 2 rings (SSSR count). The summed E-state index contributed by atoms with van der Waals surface area (Å²) >= 11 is 0. The van der Waals surface area contributed by atoms with E-state index in [1.165, 1.54) is 6.07 Å². The lowest BCUT2D eigenvalue weighted by molar-refractivity contribution is 0.369. The normalized spacial score (nSPS) is 10.4. The zero-order chi connectivity index (χ0) is 12.4. The van der Waals surface area contributed by atoms with Crippen molar-refractivity contribution in [3.8, 4) is 28.4 Å². The van der Waals surface area contributed by atoms with Crippen molar-refractivity contribution < 1.29 is 15.3 Å². The van der Waals surface area contributed by atoms with Gasteiger partial charge in [-0.2, -0.15) is 0 Å². The van der Waals surface area contributed by atoms with E-state index in [0.29, 0.717) is 5.56 Å². The van der Waals surface area contributed by atoms with E-state index in [-0.39, 0.29) is 11.5 Å². The second-order valence-electron chi connectivity index (χ2n) is 3.84. The molecule has 0 saturated heterocycles. The molecule has 2 aromatic carbocycles. The number of aromatic hydroxyl groups is 3. The van der Waals surface area contributed by atoms with Crippen molar-refractivity contribution in [3.63, 3.8) is 0 Å². The first-order valence-electron chi connectivity index (χ1n) is 5.47. The Hall–Kier alpha value is -2.16. The van der Waals surface area contributed by atoms with Gasteiger partial charge in [-0.15, -0.1) is 0 Å². The summed E-state index contributed by atoms with van der Waals surface area (Å²) < 4.78 is 0. The van der Waals surface area contributed by atoms with Crippen LogP contribution in [0.3, 0.4) is 0 Å². The van der Waals surface area contributed by atoms with Gasteiger partial charge in [0, 0.05) is 5.56 Å². The summed E-state index contributed by atoms with van der Waals surface area (Å²) in [6.07, 6.45) is 0.831. The summed E-state index contributed by atoms with van der Waals surface area (Å²) in [4.78, 5) is 0. The maximum absolute atomic E-state index is 9.84. The van der Waals surface area contributed by atoms with E-state index in [1.54, 1.807) is 6.07 Å². The van der Waals surface area contributed by atoms with Crippen LogP contribution in [0.15, 0.2) is 36.4 Å². The smallest absolute Gasteiger partial charge is 0.200 e. The van der Waals surface area contributed by atoms with E-state index in [4.69, 9.17) is 0 Å². The van der Waals surface area contributed by atoms with Gasteiger partial charge in [0.15, 0.2) is 11.5 Å². The Morgan fingerprint density at radius 2 is 1.53 bits per heavy atom. The number of benzene rings is 2. The van der Waals surface area contributed by atoms with Gasteiger partial charge in [-0.25, -0.2) is 0 Å². The van der Waals surface area contributed by atoms with Crippen LogP contribution in [0.25, 0.3) is 11.1 Å². The Morgan fingerprint density at radius 3 is 2.24 bits per heavy atom. The minimum absolute atomic E-state index is 0.286. The molecule has 0 aliphatic carbocycles. The third-order valence-corrected chi connectivity index (χ3v) is 2.82. The third kappa shape index (κ3) is 1.91. The molecular weight excluding hydrogens is 216 g/mol. The Balaban J connectivity index is 2.65. The zero-order valence-corrected chi connectivity index (χ0v) is 9.51. The second kappa shape index (κ2) is 4.37. The summed E-state index contributed by atoms with van der Waals surface area (Å²) in [5.74, 6) is -1.08. The minimum Gasteiger partial charge on any atom is -0.504 e. The summed E-state index contributed by atoms with van der Waals surface area (Å²) in [6.45, 7) is 2.02. The van der Waals surface area contributed by atoms with Gasteiger partial charge in [-0.3, -0.25) is 0 Å². The molecule has 3 heteroatoms. The fraction of sp³-hybridized carbons (Fsp3) is 0.143. The largest absolute Gasteiger partial charge is 0.504 e. The van der Waals surface area contributed by atoms with Crippen molar-refractivity contribution in [1.29, 1.82) is 0 Å². The molecule has 0 bridgehead atoms. The molecule has 3 nitrogen and oxygen atoms in total. The number of aryl methyl sites for hydroxylation is 1. The quantitative estimate of drug-likeness (QED) is 0.695. The van der Waals surface area contributed by atoms with E-state index < -0.39 is 5.75 Å². The first-order valence-corrected chi connectivity index (χ1v) is 5.47. The first-order chi connectivity index (χ1) is 8.15. The topological polar surface area (TPSA) is 60.7 Å². The Bertz CT molecular complexity index is 547. The van der Waals surface area contributed by atoms with Gasteiger partial charge in [0.2, 0.25) is 5.75 Å². The van der Waals surface area contributed by atoms with Crippen LogP contribution in [0, 0.1) is 0 Å². The van der Waals surface area contributed by atoms with Crippen molar-refractivity contribution in [1.82, 2.24) is 0 Å². The van der Waals surface area contributed by atoms with Crippen LogP contribution in [0.2, 0.25) is 0 Å². The fourth-order valence-corrected chi connectivity index (χ4v) is 1.88. The Labute approximate surface area is 99.6 Å². The molecule has 2 aromatic rings. The van der Waals surface area contributed by atoms with Gasteiger partial charge in [0.1, 0.15) is 0 Å². The number of phenolic OH excluding ortho intramolecular Hbond substituents is 3. The molecule has 0 amide bonds. The van der Waals surface area contributed by atoms with Crippen LogP contribution in [-0.4, -0.2) is 15.3 Å². The average Bonchev–Trinajstić information content (AvgIpc) is 2.36. The molecule has 0 aromatic heterocycles. The maximum Gasteiger partial charge on any atom is 0.200 e. The molecule has 17 heavy (non-hydrogen) atoms. The van der Waals surface area contributed by atoms with E-state index in [0.717, 1.165) is 17.5 Å². The van der Waals surface area contributed by atoms with Crippen LogP contribution in [0.5, 0.6) is 17.2 Å². The molecule has 0 radical (unpaired) electrons. The molecule has 0 saturated carbocycles. The van der Waals surface area contributed by atoms with Gasteiger partial charge in [-0.05, 0) is 29.7 Å². The first kappa shape index (κ1) is 11.3. The molecular formula is C14H14O3. The second-order valence-corrected chi connectivity index (χ2v) is 3.84. The summed E-state index contributed by atoms with van der Waals surface area (Å²) in [5.41, 5.74) is 2.47. The summed E-state index contributed by atoms with van der Waals surface area (Å²) in [7, 11) is 0. The monoisotopic (exact) mass is 230 g/mol. The molecule has 0 heterocycles. The lowest BCUT2D eigenvalue weighted by Gasteiger charge is -2.11. The highest BCUT2D eigenvalue weighted by Crippen LogP contribution is 2.42. The van der Waals surface area contributed by atoms with Gasteiger partial charge in [0.05, 0.1) is 0 Å². The van der Waals surface area contributed by atoms with Crippen LogP contribution >= 0.6 is 0 Å². The predicted molar refractivity (Wildman–Crippen MR) is 66.3 cm³/mol. The summed E-state index contributed by atoms with van der Waals surface area (Å²) in [6, 6.07) is 10.6. The number of hydrogen-bond donors (Lipinski definition) is 3. The van der Waals surface area contributed by atoms with Gasteiger partial charge in [0.25, 0.3) is 0 Å². The fourth-order valence-electron chi connectivity index (χ4n) is 1.88. The molecule has 0 spiro atoms. The lowest BCUT2D eigenvalue weighted by atomic mass is 9.97. The number of phenols is 3. The molecule has 88 valence electrons. The van der Waals surface area contributed by atoms with Crippen molar-refractivity contribution >= 4 is 0 Å². The molecule has 0 aliphatic rings. The minimum atomic E-state index is -0.478. The third-order valence-electron chi connectivity index (χ3n) is 2.82. The van der Waals surface area contributed by atoms with E-state index in [1.807, 2.05) is 31.2 Å².